The highest BCUT2D eigenvalue weighted by molar-refractivity contribution is 7.80. The number of phosphoric acid groups is 1. The van der Waals surface area contributed by atoms with Crippen molar-refractivity contribution in [2.24, 2.45) is 0 Å². The highest BCUT2D eigenvalue weighted by atomic mass is 32.1. The third-order valence-corrected chi connectivity index (χ3v) is 15.9. The van der Waals surface area contributed by atoms with Crippen molar-refractivity contribution in [3.63, 3.8) is 0 Å². The molecule has 1 aromatic heterocycles. The van der Waals surface area contributed by atoms with Crippen LogP contribution in [0.3, 0.4) is 0 Å². The monoisotopic (exact) mass is 1130 g/mol. The number of carbonyl (C=O) groups excluding carboxylic acids is 2. The van der Waals surface area contributed by atoms with E-state index in [-0.39, 0.29) is 31.7 Å². The second kappa shape index (κ2) is 39.5. The van der Waals surface area contributed by atoms with Gasteiger partial charge in [0.15, 0.2) is 11.2 Å². The second-order valence-electron chi connectivity index (χ2n) is 22.4. The van der Waals surface area contributed by atoms with Gasteiger partial charge in [0.1, 0.15) is 25.3 Å². The van der Waals surface area contributed by atoms with Gasteiger partial charge in [-0.1, -0.05) is 167 Å². The molecule has 1 heterocycles. The van der Waals surface area contributed by atoms with Crippen LogP contribution in [0.5, 0.6) is 0 Å². The Balaban J connectivity index is 1.23. The Labute approximate surface area is 476 Å². The van der Waals surface area contributed by atoms with E-state index in [9.17, 15) is 23.8 Å². The third-order valence-electron chi connectivity index (χ3n) is 14.6. The van der Waals surface area contributed by atoms with Gasteiger partial charge in [-0.15, -0.1) is 0 Å². The fraction of sp³-hybridized carbons (Fsp3) is 0.710. The van der Waals surface area contributed by atoms with E-state index in [0.717, 1.165) is 98.9 Å². The van der Waals surface area contributed by atoms with Gasteiger partial charge in [-0.2, -0.15) is 0 Å². The predicted octanol–water partition coefficient (Wildman–Crippen LogP) is 14.8. The molecule has 0 fully saturated rings. The first-order chi connectivity index (χ1) is 37.5. The summed E-state index contributed by atoms with van der Waals surface area (Å²) >= 11 is 5.72. The molecular formula is C62H103N4O10PS. The number of rotatable bonds is 45. The molecular weight excluding hydrogens is 1020 g/mol. The zero-order chi connectivity index (χ0) is 57.0. The second-order valence-corrected chi connectivity index (χ2v) is 24.2. The van der Waals surface area contributed by atoms with Gasteiger partial charge in [-0.25, -0.2) is 4.79 Å². The first-order valence-corrected chi connectivity index (χ1v) is 32.0. The molecule has 0 spiro atoms. The maximum Gasteiger partial charge on any atom is 0.344 e. The summed E-state index contributed by atoms with van der Waals surface area (Å²) in [6, 6.07) is 13.9. The van der Waals surface area contributed by atoms with E-state index in [0.29, 0.717) is 33.7 Å². The number of anilines is 2. The van der Waals surface area contributed by atoms with Crippen LogP contribution in [-0.2, 0) is 32.7 Å². The minimum absolute atomic E-state index is 0.0450. The molecule has 0 aliphatic rings. The maximum absolute atomic E-state index is 13.2. The molecule has 442 valence electrons. The number of hydrogen-bond donors (Lipinski definition) is 1. The van der Waals surface area contributed by atoms with Crippen LogP contribution in [0.25, 0.3) is 22.1 Å². The number of hydrogen-bond acceptors (Lipinski definition) is 12. The number of thiocarbonyl (C=S) groups is 1. The van der Waals surface area contributed by atoms with Gasteiger partial charge < -0.3 is 47.4 Å². The first-order valence-electron chi connectivity index (χ1n) is 30.2. The Morgan fingerprint density at radius 2 is 1.19 bits per heavy atom. The lowest BCUT2D eigenvalue weighted by atomic mass is 9.99. The van der Waals surface area contributed by atoms with Gasteiger partial charge in [0.25, 0.3) is 7.82 Å². The molecule has 0 saturated heterocycles. The minimum atomic E-state index is -4.66. The van der Waals surface area contributed by atoms with Crippen LogP contribution in [0.2, 0.25) is 0 Å². The van der Waals surface area contributed by atoms with Crippen LogP contribution in [0.4, 0.5) is 11.4 Å². The molecule has 1 unspecified atom stereocenters. The lowest BCUT2D eigenvalue weighted by molar-refractivity contribution is -0.870. The summed E-state index contributed by atoms with van der Waals surface area (Å²) in [5, 5.41) is 4.95. The molecule has 2 atom stereocenters. The average molecular weight is 1130 g/mol. The number of nitrogens with zero attached hydrogens (tertiary/aromatic N) is 3. The molecule has 1 N–H and O–H groups in total. The molecule has 0 bridgehead atoms. The van der Waals surface area contributed by atoms with Crippen molar-refractivity contribution < 1.29 is 46.5 Å². The topological polar surface area (TPSA) is 160 Å². The van der Waals surface area contributed by atoms with E-state index in [1.54, 1.807) is 0 Å². The quantitative estimate of drug-likeness (QED) is 0.0142. The molecule has 0 radical (unpaired) electrons. The van der Waals surface area contributed by atoms with Crippen LogP contribution in [0.1, 0.15) is 206 Å². The first kappa shape index (κ1) is 68.4. The normalized spacial score (nSPS) is 12.8. The summed E-state index contributed by atoms with van der Waals surface area (Å²) in [4.78, 5) is 55.4. The van der Waals surface area contributed by atoms with Crippen molar-refractivity contribution >= 4 is 59.4 Å². The summed E-state index contributed by atoms with van der Waals surface area (Å²) in [6.07, 6.45) is 29.6. The van der Waals surface area contributed by atoms with Crippen molar-refractivity contribution in [2.45, 2.75) is 214 Å². The Morgan fingerprint density at radius 3 is 1.71 bits per heavy atom. The molecule has 3 aromatic rings. The summed E-state index contributed by atoms with van der Waals surface area (Å²) in [6.45, 7) is 10.8. The Hall–Kier alpha value is -3.85. The SMILES string of the molecule is CCCCCCCCCCCCCCCC(=O)OC[C@H](COP(=O)([O-])OCC[N+](C)(C)C)OC(=O)CCCCCCCCCCCCCCCN(C)C(=S)Nc1ccc(-c2c(C)c3ccc(N(CC)CC)cc3oc2=O)cc1. The molecule has 2 aromatic carbocycles. The summed E-state index contributed by atoms with van der Waals surface area (Å²) in [5.74, 6) is -0.863. The lowest BCUT2D eigenvalue weighted by Crippen LogP contribution is -2.37. The Bertz CT molecular complexity index is 2250. The van der Waals surface area contributed by atoms with E-state index in [2.05, 4.69) is 42.0 Å². The van der Waals surface area contributed by atoms with Gasteiger partial charge in [0.05, 0.1) is 33.3 Å². The highest BCUT2D eigenvalue weighted by Crippen LogP contribution is 2.38. The number of quaternary nitrogens is 1. The summed E-state index contributed by atoms with van der Waals surface area (Å²) in [7, 11) is 3.14. The molecule has 0 saturated carbocycles. The van der Waals surface area contributed by atoms with Crippen LogP contribution < -0.4 is 20.7 Å². The van der Waals surface area contributed by atoms with E-state index in [1.807, 2.05) is 71.5 Å². The number of fused-ring (bicyclic) bond motifs is 1. The van der Waals surface area contributed by atoms with Gasteiger partial charge in [-0.3, -0.25) is 14.2 Å². The van der Waals surface area contributed by atoms with Gasteiger partial charge >= 0.3 is 17.6 Å². The van der Waals surface area contributed by atoms with Crippen molar-refractivity contribution in [1.82, 2.24) is 4.90 Å². The van der Waals surface area contributed by atoms with E-state index in [4.69, 9.17) is 35.2 Å². The molecule has 0 aliphatic carbocycles. The standard InChI is InChI=1S/C62H103N4O10PS/c1-9-12-13-14-15-16-17-19-22-25-28-31-34-37-58(67)72-49-55(50-74-77(70,71)73-47-46-66(6,7)8)75-59(68)38-35-32-29-26-23-20-18-21-24-27-30-33-36-45-64(5)62(78)63-53-41-39-52(40-42-53)60-51(4)56-44-43-54(65(10-2)11-3)48-57(56)76-61(60)69/h39-44,48,55H,9-38,45-47,49-50H2,1-8H3,(H-,63,70,71,78)/t55-/m1/s1. The molecule has 3 rings (SSSR count). The van der Waals surface area contributed by atoms with Gasteiger partial charge in [0, 0.05) is 62.4 Å². The van der Waals surface area contributed by atoms with Crippen molar-refractivity contribution in [1.29, 1.82) is 0 Å². The summed E-state index contributed by atoms with van der Waals surface area (Å²) in [5.41, 5.74) is 4.48. The number of benzene rings is 2. The molecule has 0 amide bonds. The number of esters is 2. The van der Waals surface area contributed by atoms with E-state index in [1.165, 1.54) is 109 Å². The zero-order valence-corrected chi connectivity index (χ0v) is 51.4. The van der Waals surface area contributed by atoms with Crippen molar-refractivity contribution in [3.05, 3.63) is 58.4 Å². The molecule has 78 heavy (non-hydrogen) atoms. The van der Waals surface area contributed by atoms with Crippen molar-refractivity contribution in [2.75, 3.05) is 84.4 Å². The van der Waals surface area contributed by atoms with Crippen LogP contribution >= 0.6 is 20.0 Å². The number of aryl methyl sites for hydroxylation is 1. The van der Waals surface area contributed by atoms with Crippen molar-refractivity contribution in [3.8, 4) is 11.1 Å². The maximum atomic E-state index is 13.2. The van der Waals surface area contributed by atoms with E-state index >= 15 is 0 Å². The summed E-state index contributed by atoms with van der Waals surface area (Å²) < 4.78 is 40.0. The zero-order valence-electron chi connectivity index (χ0n) is 49.6. The lowest BCUT2D eigenvalue weighted by Gasteiger charge is -2.28. The third kappa shape index (κ3) is 29.6. The largest absolute Gasteiger partial charge is 0.756 e. The predicted molar refractivity (Wildman–Crippen MR) is 323 cm³/mol. The van der Waals surface area contributed by atoms with Gasteiger partial charge in [0.2, 0.25) is 0 Å². The van der Waals surface area contributed by atoms with Crippen LogP contribution in [0, 0.1) is 6.92 Å². The fourth-order valence-electron chi connectivity index (χ4n) is 9.61. The van der Waals surface area contributed by atoms with E-state index < -0.39 is 32.5 Å². The number of unbranched alkanes of at least 4 members (excludes halogenated alkanes) is 24. The number of likely N-dealkylation sites (N-methyl/N-ethyl adjacent to an activating group) is 1. The number of nitrogens with one attached hydrogen (secondary N) is 1. The average Bonchev–Trinajstić information content (AvgIpc) is 3.40. The minimum Gasteiger partial charge on any atom is -0.756 e. The fourth-order valence-corrected chi connectivity index (χ4v) is 10.5. The Kier molecular flexibility index (Phi) is 34.7. The van der Waals surface area contributed by atoms with Crippen LogP contribution in [-0.4, -0.2) is 107 Å². The Morgan fingerprint density at radius 1 is 0.692 bits per heavy atom. The van der Waals surface area contributed by atoms with Gasteiger partial charge in [-0.05, 0) is 87.6 Å². The number of ether oxygens (including phenoxy) is 2. The number of carbonyl (C=O) groups is 2. The smallest absolute Gasteiger partial charge is 0.344 e. The molecule has 14 nitrogen and oxygen atoms in total. The highest BCUT2D eigenvalue weighted by Gasteiger charge is 2.22. The van der Waals surface area contributed by atoms with Crippen LogP contribution in [0.15, 0.2) is 51.7 Å². The molecule has 0 aliphatic heterocycles. The number of phosphoric ester groups is 1. The molecule has 16 heteroatoms.